The fourth-order valence-corrected chi connectivity index (χ4v) is 4.82. The third kappa shape index (κ3) is 2.52. The van der Waals surface area contributed by atoms with E-state index in [0.29, 0.717) is 5.75 Å². The highest BCUT2D eigenvalue weighted by Crippen LogP contribution is 2.57. The molecule has 2 aromatic carbocycles. The number of hydrogen-bond acceptors (Lipinski definition) is 5. The molecular formula is C22H23N3O3. The van der Waals surface area contributed by atoms with Crippen LogP contribution < -0.4 is 15.9 Å². The number of nitrogens with two attached hydrogens (primary N) is 1. The summed E-state index contributed by atoms with van der Waals surface area (Å²) in [5.41, 5.74) is 9.64. The number of methoxy groups -OCH3 is 1. The number of benzene rings is 2. The molecule has 1 aliphatic carbocycles. The van der Waals surface area contributed by atoms with Crippen LogP contribution in [0.3, 0.4) is 0 Å². The number of hydrazone groups is 1. The number of amidine groups is 1. The fourth-order valence-electron chi connectivity index (χ4n) is 4.82. The average Bonchev–Trinajstić information content (AvgIpc) is 3.01. The summed E-state index contributed by atoms with van der Waals surface area (Å²) in [5, 5.41) is 4.10. The first kappa shape index (κ1) is 18.2. The molecule has 4 unspecified atom stereocenters. The topological polar surface area (TPSA) is 93.8 Å². The predicted molar refractivity (Wildman–Crippen MR) is 106 cm³/mol. The molecule has 4 rings (SSSR count). The van der Waals surface area contributed by atoms with Gasteiger partial charge in [-0.3, -0.25) is 9.59 Å². The van der Waals surface area contributed by atoms with Crippen molar-refractivity contribution in [1.82, 2.24) is 5.43 Å². The number of nitrogens with one attached hydrogen (secondary N) is 1. The van der Waals surface area contributed by atoms with Crippen molar-refractivity contribution in [2.45, 2.75) is 25.2 Å². The van der Waals surface area contributed by atoms with Crippen LogP contribution in [-0.2, 0) is 9.59 Å². The summed E-state index contributed by atoms with van der Waals surface area (Å²) in [5.74, 6) is -0.329. The number of ether oxygens (including phenoxy) is 1. The molecule has 2 aromatic rings. The Hall–Kier alpha value is -3.15. The summed E-state index contributed by atoms with van der Waals surface area (Å²) >= 11 is 0. The van der Waals surface area contributed by atoms with Crippen molar-refractivity contribution in [3.8, 4) is 5.75 Å². The molecule has 2 aliphatic rings. The van der Waals surface area contributed by atoms with Crippen molar-refractivity contribution in [1.29, 1.82) is 0 Å². The first-order valence-corrected chi connectivity index (χ1v) is 9.35. The highest BCUT2D eigenvalue weighted by Gasteiger charge is 2.63. The zero-order chi connectivity index (χ0) is 19.9. The van der Waals surface area contributed by atoms with E-state index in [4.69, 9.17) is 10.5 Å². The molecule has 1 fully saturated rings. The van der Waals surface area contributed by atoms with Crippen molar-refractivity contribution < 1.29 is 14.3 Å². The number of carbonyl (C=O) groups excluding carboxylic acids is 2. The van der Waals surface area contributed by atoms with Gasteiger partial charge in [0.2, 0.25) is 0 Å². The summed E-state index contributed by atoms with van der Waals surface area (Å²) in [6.07, 6.45) is 0.237. The van der Waals surface area contributed by atoms with E-state index in [9.17, 15) is 9.59 Å². The molecular weight excluding hydrogens is 354 g/mol. The number of amides is 1. The van der Waals surface area contributed by atoms with Gasteiger partial charge in [0.25, 0.3) is 5.91 Å². The first-order valence-electron chi connectivity index (χ1n) is 9.35. The van der Waals surface area contributed by atoms with Gasteiger partial charge in [-0.2, -0.15) is 5.10 Å². The summed E-state index contributed by atoms with van der Waals surface area (Å²) in [6.45, 7) is 1.88. The summed E-state index contributed by atoms with van der Waals surface area (Å²) in [6, 6.07) is 17.1. The Morgan fingerprint density at radius 3 is 2.32 bits per heavy atom. The van der Waals surface area contributed by atoms with E-state index < -0.39 is 17.3 Å². The maximum absolute atomic E-state index is 13.3. The van der Waals surface area contributed by atoms with E-state index >= 15 is 0 Å². The number of hydrogen-bond donors (Lipinski definition) is 2. The minimum atomic E-state index is -1.11. The second-order valence-corrected chi connectivity index (χ2v) is 7.48. The molecule has 1 saturated carbocycles. The van der Waals surface area contributed by atoms with Gasteiger partial charge in [-0.05, 0) is 23.3 Å². The minimum Gasteiger partial charge on any atom is -0.497 e. The molecule has 1 aliphatic heterocycles. The molecule has 0 bridgehead atoms. The molecule has 1 amide bonds. The highest BCUT2D eigenvalue weighted by molar-refractivity contribution is 6.14. The second kappa shape index (κ2) is 6.78. The van der Waals surface area contributed by atoms with Gasteiger partial charge in [0.05, 0.1) is 7.11 Å². The SMILES string of the molecule is COc1ccc(C2CC(=O)C(C)C(c3ccccc3)C23C(=O)NN=C3N)cc1. The number of Topliss-reactive ketones (excluding diaryl/α,β-unsaturated/α-hetero) is 1. The van der Waals surface area contributed by atoms with E-state index in [1.54, 1.807) is 7.11 Å². The highest BCUT2D eigenvalue weighted by atomic mass is 16.5. The quantitative estimate of drug-likeness (QED) is 0.860. The van der Waals surface area contributed by atoms with Crippen molar-refractivity contribution in [2.24, 2.45) is 22.2 Å². The standard InChI is InChI=1S/C22H23N3O3/c1-13-18(26)12-17(14-8-10-16(28-2)11-9-14)22(20(23)24-25-21(22)27)19(13)15-6-4-3-5-7-15/h3-11,13,17,19H,12H2,1-2H3,(H2,23,24)(H,25,27). The largest absolute Gasteiger partial charge is 0.497 e. The van der Waals surface area contributed by atoms with Crippen LogP contribution in [0.5, 0.6) is 5.75 Å². The second-order valence-electron chi connectivity index (χ2n) is 7.48. The maximum Gasteiger partial charge on any atom is 0.255 e. The Morgan fingerprint density at radius 2 is 1.75 bits per heavy atom. The summed E-state index contributed by atoms with van der Waals surface area (Å²) in [7, 11) is 1.60. The molecule has 1 heterocycles. The number of ketones is 1. The van der Waals surface area contributed by atoms with E-state index in [-0.39, 0.29) is 29.9 Å². The lowest BCUT2D eigenvalue weighted by Crippen LogP contribution is -2.56. The van der Waals surface area contributed by atoms with E-state index in [0.717, 1.165) is 11.1 Å². The Bertz CT molecular complexity index is 939. The summed E-state index contributed by atoms with van der Waals surface area (Å²) < 4.78 is 5.25. The van der Waals surface area contributed by atoms with Crippen LogP contribution in [0.2, 0.25) is 0 Å². The third-order valence-corrected chi connectivity index (χ3v) is 6.21. The predicted octanol–water partition coefficient (Wildman–Crippen LogP) is 2.56. The number of rotatable bonds is 3. The molecule has 4 atom stereocenters. The van der Waals surface area contributed by atoms with Gasteiger partial charge in [0, 0.05) is 24.2 Å². The minimum absolute atomic E-state index is 0.118. The lowest BCUT2D eigenvalue weighted by molar-refractivity contribution is -0.136. The molecule has 28 heavy (non-hydrogen) atoms. The Morgan fingerprint density at radius 1 is 1.07 bits per heavy atom. The van der Waals surface area contributed by atoms with Gasteiger partial charge in [-0.25, -0.2) is 5.43 Å². The Kier molecular flexibility index (Phi) is 4.41. The molecule has 0 radical (unpaired) electrons. The van der Waals surface area contributed by atoms with Gasteiger partial charge in [0.15, 0.2) is 0 Å². The fraction of sp³-hybridized carbons (Fsp3) is 0.318. The smallest absolute Gasteiger partial charge is 0.255 e. The van der Waals surface area contributed by atoms with Crippen LogP contribution in [0.4, 0.5) is 0 Å². The maximum atomic E-state index is 13.3. The van der Waals surface area contributed by atoms with Gasteiger partial charge in [-0.15, -0.1) is 0 Å². The van der Waals surface area contributed by atoms with Crippen molar-refractivity contribution >= 4 is 17.5 Å². The third-order valence-electron chi connectivity index (χ3n) is 6.21. The van der Waals surface area contributed by atoms with E-state index in [1.165, 1.54) is 0 Å². The van der Waals surface area contributed by atoms with Gasteiger partial charge in [-0.1, -0.05) is 49.4 Å². The molecule has 144 valence electrons. The van der Waals surface area contributed by atoms with Gasteiger partial charge >= 0.3 is 0 Å². The first-order chi connectivity index (χ1) is 13.5. The molecule has 3 N–H and O–H groups in total. The van der Waals surface area contributed by atoms with Crippen LogP contribution in [0.15, 0.2) is 59.7 Å². The van der Waals surface area contributed by atoms with E-state index in [1.807, 2.05) is 61.5 Å². The Labute approximate surface area is 163 Å². The summed E-state index contributed by atoms with van der Waals surface area (Å²) in [4.78, 5) is 26.3. The monoisotopic (exact) mass is 377 g/mol. The van der Waals surface area contributed by atoms with Crippen molar-refractivity contribution in [2.75, 3.05) is 7.11 Å². The lowest BCUT2D eigenvalue weighted by Gasteiger charge is -2.47. The molecule has 6 heteroatoms. The number of nitrogens with zero attached hydrogens (tertiary/aromatic N) is 1. The lowest BCUT2D eigenvalue weighted by atomic mass is 9.52. The van der Waals surface area contributed by atoms with Crippen molar-refractivity contribution in [3.63, 3.8) is 0 Å². The zero-order valence-corrected chi connectivity index (χ0v) is 15.9. The zero-order valence-electron chi connectivity index (χ0n) is 15.9. The molecule has 0 saturated heterocycles. The van der Waals surface area contributed by atoms with Crippen LogP contribution in [0, 0.1) is 11.3 Å². The van der Waals surface area contributed by atoms with Gasteiger partial charge in [0.1, 0.15) is 22.8 Å². The molecule has 6 nitrogen and oxygen atoms in total. The Balaban J connectivity index is 1.93. The van der Waals surface area contributed by atoms with Crippen LogP contribution in [0.1, 0.15) is 36.3 Å². The van der Waals surface area contributed by atoms with Gasteiger partial charge < -0.3 is 10.5 Å². The van der Waals surface area contributed by atoms with E-state index in [2.05, 4.69) is 10.5 Å². The van der Waals surface area contributed by atoms with Crippen LogP contribution >= 0.6 is 0 Å². The normalized spacial score (nSPS) is 29.5. The van der Waals surface area contributed by atoms with Crippen LogP contribution in [-0.4, -0.2) is 24.6 Å². The average molecular weight is 377 g/mol. The van der Waals surface area contributed by atoms with Crippen LogP contribution in [0.25, 0.3) is 0 Å². The van der Waals surface area contributed by atoms with Crippen molar-refractivity contribution in [3.05, 3.63) is 65.7 Å². The molecule has 0 aromatic heterocycles. The number of carbonyl (C=O) groups is 2. The molecule has 1 spiro atoms.